The normalized spacial score (nSPS) is 10.4. The monoisotopic (exact) mass is 350 g/mol. The van der Waals surface area contributed by atoms with Crippen LogP contribution in [0, 0.1) is 10.1 Å². The molecular weight excluding hydrogens is 336 g/mol. The van der Waals surface area contributed by atoms with Crippen LogP contribution >= 0.6 is 15.9 Å². The van der Waals surface area contributed by atoms with Crippen LogP contribution in [0.1, 0.15) is 12.5 Å². The third-order valence-corrected chi connectivity index (χ3v) is 3.46. The molecule has 0 saturated heterocycles. The van der Waals surface area contributed by atoms with Crippen LogP contribution < -0.4 is 10.1 Å². The highest BCUT2D eigenvalue weighted by atomic mass is 79.9. The van der Waals surface area contributed by atoms with Crippen molar-refractivity contribution in [2.75, 3.05) is 6.54 Å². The molecule has 0 spiro atoms. The number of nitrogens with zero attached hydrogens (tertiary/aromatic N) is 1. The highest BCUT2D eigenvalue weighted by molar-refractivity contribution is 9.10. The van der Waals surface area contributed by atoms with Crippen LogP contribution in [0.15, 0.2) is 46.9 Å². The van der Waals surface area contributed by atoms with Gasteiger partial charge in [-0.2, -0.15) is 0 Å². The summed E-state index contributed by atoms with van der Waals surface area (Å²) in [7, 11) is 0. The SMILES string of the molecule is CCNCc1cccc(Oc2c(Br)cccc2[N+](=O)[O-])c1. The number of para-hydroxylation sites is 1. The molecule has 0 amide bonds. The van der Waals surface area contributed by atoms with Gasteiger partial charge in [0.15, 0.2) is 0 Å². The van der Waals surface area contributed by atoms with Crippen molar-refractivity contribution in [1.29, 1.82) is 0 Å². The summed E-state index contributed by atoms with van der Waals surface area (Å²) < 4.78 is 6.26. The number of nitrogens with one attached hydrogen (secondary N) is 1. The van der Waals surface area contributed by atoms with Crippen molar-refractivity contribution in [3.63, 3.8) is 0 Å². The van der Waals surface area contributed by atoms with Gasteiger partial charge in [0.05, 0.1) is 9.40 Å². The number of hydrogen-bond donors (Lipinski definition) is 1. The molecule has 0 aromatic heterocycles. The third-order valence-electron chi connectivity index (χ3n) is 2.84. The molecule has 0 atom stereocenters. The largest absolute Gasteiger partial charge is 0.449 e. The number of benzene rings is 2. The van der Waals surface area contributed by atoms with E-state index in [1.165, 1.54) is 6.07 Å². The summed E-state index contributed by atoms with van der Waals surface area (Å²) in [5.41, 5.74) is 0.991. The fourth-order valence-corrected chi connectivity index (χ4v) is 2.29. The summed E-state index contributed by atoms with van der Waals surface area (Å²) in [6, 6.07) is 12.2. The number of nitro groups is 1. The number of hydrogen-bond acceptors (Lipinski definition) is 4. The Labute approximate surface area is 131 Å². The van der Waals surface area contributed by atoms with Crippen LogP contribution in [0.5, 0.6) is 11.5 Å². The van der Waals surface area contributed by atoms with E-state index < -0.39 is 4.92 Å². The summed E-state index contributed by atoms with van der Waals surface area (Å²) in [6.07, 6.45) is 0. The highest BCUT2D eigenvalue weighted by Gasteiger charge is 2.18. The predicted molar refractivity (Wildman–Crippen MR) is 84.7 cm³/mol. The Morgan fingerprint density at radius 2 is 2.05 bits per heavy atom. The average molecular weight is 351 g/mol. The molecule has 0 aliphatic rings. The lowest BCUT2D eigenvalue weighted by molar-refractivity contribution is -0.385. The van der Waals surface area contributed by atoms with Gasteiger partial charge < -0.3 is 10.1 Å². The molecule has 0 aliphatic carbocycles. The molecule has 0 bridgehead atoms. The minimum atomic E-state index is -0.456. The zero-order valence-corrected chi connectivity index (χ0v) is 13.1. The summed E-state index contributed by atoms with van der Waals surface area (Å²) >= 11 is 3.29. The molecule has 0 fully saturated rings. The van der Waals surface area contributed by atoms with Crippen LogP contribution in [0.25, 0.3) is 0 Å². The van der Waals surface area contributed by atoms with E-state index in [9.17, 15) is 10.1 Å². The fraction of sp³-hybridized carbons (Fsp3) is 0.200. The average Bonchev–Trinajstić information content (AvgIpc) is 2.47. The Balaban J connectivity index is 2.28. The van der Waals surface area contributed by atoms with Crippen LogP contribution in [0.3, 0.4) is 0 Å². The number of ether oxygens (including phenoxy) is 1. The van der Waals surface area contributed by atoms with Gasteiger partial charge in [-0.3, -0.25) is 10.1 Å². The van der Waals surface area contributed by atoms with E-state index in [1.807, 2.05) is 25.1 Å². The second kappa shape index (κ2) is 7.19. The molecule has 0 heterocycles. The molecule has 2 aromatic carbocycles. The first kappa shape index (κ1) is 15.5. The Morgan fingerprint density at radius 3 is 2.76 bits per heavy atom. The first-order valence-electron chi connectivity index (χ1n) is 6.52. The predicted octanol–water partition coefficient (Wildman–Crippen LogP) is 4.26. The first-order valence-corrected chi connectivity index (χ1v) is 7.31. The number of halogens is 1. The Hall–Kier alpha value is -1.92. The number of rotatable bonds is 6. The van der Waals surface area contributed by atoms with Crippen molar-refractivity contribution >= 4 is 21.6 Å². The van der Waals surface area contributed by atoms with Crippen LogP contribution in [0.2, 0.25) is 0 Å². The smallest absolute Gasteiger partial charge is 0.312 e. The molecule has 110 valence electrons. The standard InChI is InChI=1S/C15H15BrN2O3/c1-2-17-10-11-5-3-6-12(9-11)21-15-13(16)7-4-8-14(15)18(19)20/h3-9,17H,2,10H2,1H3. The van der Waals surface area contributed by atoms with Crippen molar-refractivity contribution in [1.82, 2.24) is 5.32 Å². The van der Waals surface area contributed by atoms with Crippen LogP contribution in [0.4, 0.5) is 5.69 Å². The maximum atomic E-state index is 11.1. The van der Waals surface area contributed by atoms with Crippen molar-refractivity contribution in [3.8, 4) is 11.5 Å². The summed E-state index contributed by atoms with van der Waals surface area (Å²) in [5, 5.41) is 14.3. The van der Waals surface area contributed by atoms with Crippen molar-refractivity contribution < 1.29 is 9.66 Å². The van der Waals surface area contributed by atoms with Gasteiger partial charge in [0, 0.05) is 12.6 Å². The lowest BCUT2D eigenvalue weighted by Crippen LogP contribution is -2.11. The van der Waals surface area contributed by atoms with E-state index in [-0.39, 0.29) is 11.4 Å². The molecule has 21 heavy (non-hydrogen) atoms. The molecule has 6 heteroatoms. The van der Waals surface area contributed by atoms with Crippen molar-refractivity contribution in [2.45, 2.75) is 13.5 Å². The zero-order chi connectivity index (χ0) is 15.2. The number of nitro benzene ring substituents is 1. The minimum Gasteiger partial charge on any atom is -0.449 e. The molecule has 0 radical (unpaired) electrons. The Kier molecular flexibility index (Phi) is 5.30. The molecule has 0 saturated carbocycles. The van der Waals surface area contributed by atoms with Gasteiger partial charge >= 0.3 is 5.69 Å². The van der Waals surface area contributed by atoms with Gasteiger partial charge in [0.1, 0.15) is 5.75 Å². The van der Waals surface area contributed by atoms with Gasteiger partial charge in [0.25, 0.3) is 0 Å². The molecule has 2 rings (SSSR count). The van der Waals surface area contributed by atoms with Gasteiger partial charge in [-0.1, -0.05) is 25.1 Å². The zero-order valence-electron chi connectivity index (χ0n) is 11.5. The summed E-state index contributed by atoms with van der Waals surface area (Å²) in [4.78, 5) is 10.6. The first-order chi connectivity index (χ1) is 10.1. The Bertz CT molecular complexity index is 647. The third kappa shape index (κ3) is 4.03. The van der Waals surface area contributed by atoms with E-state index in [0.29, 0.717) is 10.2 Å². The van der Waals surface area contributed by atoms with E-state index in [4.69, 9.17) is 4.74 Å². The molecular formula is C15H15BrN2O3. The van der Waals surface area contributed by atoms with Gasteiger partial charge in [-0.05, 0) is 46.2 Å². The van der Waals surface area contributed by atoms with Gasteiger partial charge in [0.2, 0.25) is 5.75 Å². The minimum absolute atomic E-state index is 0.0681. The quantitative estimate of drug-likeness (QED) is 0.624. The molecule has 1 N–H and O–H groups in total. The second-order valence-corrected chi connectivity index (χ2v) is 5.23. The highest BCUT2D eigenvalue weighted by Crippen LogP contribution is 2.38. The summed E-state index contributed by atoms with van der Waals surface area (Å²) in [6.45, 7) is 3.64. The van der Waals surface area contributed by atoms with Crippen molar-refractivity contribution in [3.05, 3.63) is 62.6 Å². The fourth-order valence-electron chi connectivity index (χ4n) is 1.85. The second-order valence-electron chi connectivity index (χ2n) is 4.37. The lowest BCUT2D eigenvalue weighted by atomic mass is 10.2. The van der Waals surface area contributed by atoms with Gasteiger partial charge in [-0.15, -0.1) is 0 Å². The van der Waals surface area contributed by atoms with E-state index >= 15 is 0 Å². The van der Waals surface area contributed by atoms with Crippen LogP contribution in [-0.4, -0.2) is 11.5 Å². The Morgan fingerprint density at radius 1 is 1.29 bits per heavy atom. The maximum Gasteiger partial charge on any atom is 0.312 e. The molecule has 5 nitrogen and oxygen atoms in total. The maximum absolute atomic E-state index is 11.1. The molecule has 2 aromatic rings. The molecule has 0 aliphatic heterocycles. The molecule has 0 unspecified atom stereocenters. The lowest BCUT2D eigenvalue weighted by Gasteiger charge is -2.09. The van der Waals surface area contributed by atoms with Gasteiger partial charge in [-0.25, -0.2) is 0 Å². The van der Waals surface area contributed by atoms with E-state index in [0.717, 1.165) is 18.7 Å². The topological polar surface area (TPSA) is 64.4 Å². The van der Waals surface area contributed by atoms with E-state index in [2.05, 4.69) is 21.2 Å². The van der Waals surface area contributed by atoms with Crippen LogP contribution in [-0.2, 0) is 6.54 Å². The van der Waals surface area contributed by atoms with E-state index in [1.54, 1.807) is 18.2 Å². The summed E-state index contributed by atoms with van der Waals surface area (Å²) in [5.74, 6) is 0.781. The van der Waals surface area contributed by atoms with Crippen molar-refractivity contribution in [2.24, 2.45) is 0 Å².